The van der Waals surface area contributed by atoms with Gasteiger partial charge in [-0.2, -0.15) is 31.6 Å². The van der Waals surface area contributed by atoms with E-state index in [-0.39, 0.29) is 34.3 Å². The van der Waals surface area contributed by atoms with Crippen molar-refractivity contribution in [3.8, 4) is 36.4 Å². The van der Waals surface area contributed by atoms with Crippen LogP contribution < -0.4 is 0 Å². The maximum atomic E-state index is 12.6. The molecular formula is C44H37N7O2. The van der Waals surface area contributed by atoms with Gasteiger partial charge in [-0.25, -0.2) is 4.79 Å². The molecule has 0 bridgehead atoms. The minimum Gasteiger partial charge on any atom is -0.450 e. The number of nitrogens with zero attached hydrogens (tertiary/aromatic N) is 7. The molecule has 1 atom stereocenters. The molecule has 0 spiro atoms. The van der Waals surface area contributed by atoms with Gasteiger partial charge in [-0.05, 0) is 84.9 Å². The average molecular weight is 696 g/mol. The van der Waals surface area contributed by atoms with Crippen molar-refractivity contribution in [3.05, 3.63) is 142 Å². The molecule has 9 nitrogen and oxygen atoms in total. The number of carbonyl (C=O) groups is 1. The normalized spacial score (nSPS) is 17.2. The second kappa shape index (κ2) is 19.9. The molecule has 1 unspecified atom stereocenters. The topological polar surface area (TPSA) is 172 Å². The Labute approximate surface area is 311 Å². The molecule has 53 heavy (non-hydrogen) atoms. The molecule has 1 aliphatic carbocycles. The van der Waals surface area contributed by atoms with Crippen molar-refractivity contribution in [2.45, 2.75) is 39.0 Å². The van der Waals surface area contributed by atoms with E-state index < -0.39 is 5.92 Å². The Bertz CT molecular complexity index is 2130. The van der Waals surface area contributed by atoms with Crippen LogP contribution in [-0.2, 0) is 4.74 Å². The van der Waals surface area contributed by atoms with Crippen LogP contribution in [0.2, 0.25) is 0 Å². The van der Waals surface area contributed by atoms with Crippen LogP contribution in [0.3, 0.4) is 0 Å². The molecule has 0 aromatic heterocycles. The summed E-state index contributed by atoms with van der Waals surface area (Å²) in [4.78, 5) is 14.3. The Balaban J connectivity index is 1.79. The van der Waals surface area contributed by atoms with E-state index in [0.717, 1.165) is 29.6 Å². The van der Waals surface area contributed by atoms with Crippen LogP contribution in [0.15, 0.2) is 131 Å². The van der Waals surface area contributed by atoms with Gasteiger partial charge in [-0.1, -0.05) is 85.0 Å². The highest BCUT2D eigenvalue weighted by molar-refractivity contribution is 5.89. The van der Waals surface area contributed by atoms with Gasteiger partial charge in [0.15, 0.2) is 5.92 Å². The molecule has 2 aromatic rings. The van der Waals surface area contributed by atoms with Gasteiger partial charge in [0.1, 0.15) is 17.7 Å². The fourth-order valence-corrected chi connectivity index (χ4v) is 6.71. The van der Waals surface area contributed by atoms with Crippen LogP contribution in [0.4, 0.5) is 4.79 Å². The van der Waals surface area contributed by atoms with Gasteiger partial charge >= 0.3 is 6.09 Å². The first-order valence-corrected chi connectivity index (χ1v) is 17.3. The van der Waals surface area contributed by atoms with Crippen molar-refractivity contribution in [3.63, 3.8) is 0 Å². The molecule has 1 aliphatic heterocycles. The van der Waals surface area contributed by atoms with Gasteiger partial charge in [-0.3, -0.25) is 0 Å². The van der Waals surface area contributed by atoms with Crippen LogP contribution in [0.1, 0.15) is 50.2 Å². The number of likely N-dealkylation sites (tertiary alicyclic amines) is 1. The van der Waals surface area contributed by atoms with Crippen molar-refractivity contribution in [2.75, 3.05) is 19.7 Å². The number of nitriles is 6. The van der Waals surface area contributed by atoms with Crippen LogP contribution >= 0.6 is 0 Å². The number of hydrogen-bond donors (Lipinski definition) is 0. The van der Waals surface area contributed by atoms with E-state index >= 15 is 0 Å². The number of ether oxygens (including phenoxy) is 1. The lowest BCUT2D eigenvalue weighted by molar-refractivity contribution is 0.108. The largest absolute Gasteiger partial charge is 0.450 e. The number of hydrogen-bond acceptors (Lipinski definition) is 8. The summed E-state index contributed by atoms with van der Waals surface area (Å²) < 4.78 is 5.28. The highest BCUT2D eigenvalue weighted by atomic mass is 16.6. The van der Waals surface area contributed by atoms with Gasteiger partial charge in [-0.15, -0.1) is 0 Å². The lowest BCUT2D eigenvalue weighted by Crippen LogP contribution is -2.32. The highest BCUT2D eigenvalue weighted by Crippen LogP contribution is 2.41. The predicted octanol–water partition coefficient (Wildman–Crippen LogP) is 8.97. The second-order valence-corrected chi connectivity index (χ2v) is 12.2. The molecule has 1 saturated heterocycles. The maximum absolute atomic E-state index is 12.6. The SMILES string of the molecule is CCOC(=O)N1CCCC(C2=C(/C=C/C=C(\C#N)C(=C(C#N)C#N)c3ccccc3)CC\C2=C/C=C/C(C#N)=C(\c2ccccc2)C(C#N)C#N)CC1. The standard InChI is InChI=1S/C44H37N7O2/c1-2-53-44(52)51-24-11-20-36(23-25-51)41-34(16-9-18-37(26-45)42(39(28-47)29-48)32-12-5-3-6-13-32)21-22-35(41)17-10-19-38(27-46)43(40(30-49)31-50)33-14-7-4-8-15-33/h3-10,12-19,36,39H,2,11,20-25H2,1H3/b17-10+,18-9+,34-16+,38-19+,42-37-. The van der Waals surface area contributed by atoms with Crippen LogP contribution in [0.5, 0.6) is 0 Å². The van der Waals surface area contributed by atoms with Crippen molar-refractivity contribution in [2.24, 2.45) is 11.8 Å². The Hall–Kier alpha value is -7.17. The summed E-state index contributed by atoms with van der Waals surface area (Å²) in [6.07, 6.45) is 14.2. The summed E-state index contributed by atoms with van der Waals surface area (Å²) in [5.74, 6) is -1.01. The number of benzene rings is 2. The van der Waals surface area contributed by atoms with Crippen molar-refractivity contribution >= 4 is 17.2 Å². The van der Waals surface area contributed by atoms with E-state index in [1.807, 2.05) is 48.6 Å². The molecule has 260 valence electrons. The number of rotatable bonds is 10. The van der Waals surface area contributed by atoms with Gasteiger partial charge in [0.25, 0.3) is 0 Å². The molecule has 4 rings (SSSR count). The van der Waals surface area contributed by atoms with Crippen molar-refractivity contribution < 1.29 is 9.53 Å². The van der Waals surface area contributed by atoms with Gasteiger partial charge in [0.05, 0.1) is 42.0 Å². The van der Waals surface area contributed by atoms with Crippen molar-refractivity contribution in [1.29, 1.82) is 31.6 Å². The van der Waals surface area contributed by atoms with Crippen molar-refractivity contribution in [1.82, 2.24) is 4.90 Å². The van der Waals surface area contributed by atoms with E-state index in [1.165, 1.54) is 0 Å². The zero-order valence-corrected chi connectivity index (χ0v) is 29.5. The van der Waals surface area contributed by atoms with Crippen LogP contribution in [0.25, 0.3) is 11.1 Å². The van der Waals surface area contributed by atoms with Crippen LogP contribution in [0, 0.1) is 79.8 Å². The summed E-state index contributed by atoms with van der Waals surface area (Å²) in [6.45, 7) is 3.21. The quantitative estimate of drug-likeness (QED) is 0.175. The Morgan fingerprint density at radius 3 is 2.13 bits per heavy atom. The van der Waals surface area contributed by atoms with E-state index in [2.05, 4.69) is 12.1 Å². The fourth-order valence-electron chi connectivity index (χ4n) is 6.71. The highest BCUT2D eigenvalue weighted by Gasteiger charge is 2.29. The van der Waals surface area contributed by atoms with Gasteiger partial charge in [0.2, 0.25) is 0 Å². The monoisotopic (exact) mass is 695 g/mol. The lowest BCUT2D eigenvalue weighted by atomic mass is 9.86. The molecule has 0 saturated carbocycles. The third-order valence-electron chi connectivity index (χ3n) is 9.11. The Morgan fingerprint density at radius 2 is 1.53 bits per heavy atom. The summed E-state index contributed by atoms with van der Waals surface area (Å²) in [5.41, 5.74) is 5.34. The summed E-state index contributed by atoms with van der Waals surface area (Å²) in [6, 6.07) is 30.1. The molecule has 0 N–H and O–H groups in total. The molecule has 1 amide bonds. The first-order chi connectivity index (χ1) is 25.9. The maximum Gasteiger partial charge on any atom is 0.409 e. The summed E-state index contributed by atoms with van der Waals surface area (Å²) in [5, 5.41) is 59.1. The Kier molecular flexibility index (Phi) is 14.5. The number of carbonyl (C=O) groups excluding carboxylic acids is 1. The smallest absolute Gasteiger partial charge is 0.409 e. The third kappa shape index (κ3) is 9.75. The molecule has 9 heteroatoms. The first kappa shape index (κ1) is 38.6. The minimum absolute atomic E-state index is 0.117. The fraction of sp³-hybridized carbons (Fsp3) is 0.250. The summed E-state index contributed by atoms with van der Waals surface area (Å²) in [7, 11) is 0. The van der Waals surface area contributed by atoms with E-state index in [9.17, 15) is 36.4 Å². The molecular weight excluding hydrogens is 659 g/mol. The zero-order chi connectivity index (χ0) is 38.0. The third-order valence-corrected chi connectivity index (χ3v) is 9.11. The summed E-state index contributed by atoms with van der Waals surface area (Å²) >= 11 is 0. The van der Waals surface area contributed by atoms with Gasteiger partial charge < -0.3 is 9.64 Å². The molecule has 0 radical (unpaired) electrons. The Morgan fingerprint density at radius 1 is 0.849 bits per heavy atom. The molecule has 2 aromatic carbocycles. The molecule has 2 aliphatic rings. The first-order valence-electron chi connectivity index (χ1n) is 17.3. The average Bonchev–Trinajstić information content (AvgIpc) is 3.43. The molecule has 1 fully saturated rings. The number of allylic oxidation sites excluding steroid dienone is 14. The van der Waals surface area contributed by atoms with Crippen LogP contribution in [-0.4, -0.2) is 30.7 Å². The second-order valence-electron chi connectivity index (χ2n) is 12.2. The molecule has 1 heterocycles. The number of amides is 1. The zero-order valence-electron chi connectivity index (χ0n) is 29.5. The van der Waals surface area contributed by atoms with E-state index in [4.69, 9.17) is 4.74 Å². The van der Waals surface area contributed by atoms with Gasteiger partial charge in [0, 0.05) is 24.2 Å². The lowest BCUT2D eigenvalue weighted by Gasteiger charge is -2.21. The van der Waals surface area contributed by atoms with E-state index in [0.29, 0.717) is 55.7 Å². The van der Waals surface area contributed by atoms with E-state index in [1.54, 1.807) is 84.7 Å². The minimum atomic E-state index is -1.13. The predicted molar refractivity (Wildman–Crippen MR) is 201 cm³/mol.